The summed E-state index contributed by atoms with van der Waals surface area (Å²) in [4.78, 5) is 12.2. The normalized spacial score (nSPS) is 10.7. The molecule has 0 saturated carbocycles. The van der Waals surface area contributed by atoms with Crippen LogP contribution in [-0.2, 0) is 13.1 Å². The molecule has 0 bridgehead atoms. The number of carbonyl (C=O) groups is 1. The third-order valence-corrected chi connectivity index (χ3v) is 3.79. The van der Waals surface area contributed by atoms with E-state index in [2.05, 4.69) is 38.4 Å². The van der Waals surface area contributed by atoms with Crippen molar-refractivity contribution in [2.24, 2.45) is 0 Å². The van der Waals surface area contributed by atoms with Gasteiger partial charge in [-0.2, -0.15) is 10.2 Å². The van der Waals surface area contributed by atoms with Gasteiger partial charge in [0.1, 0.15) is 6.67 Å². The minimum Gasteiger partial charge on any atom is -0.321 e. The highest BCUT2D eigenvalue weighted by Crippen LogP contribution is 2.11. The molecule has 0 unspecified atom stereocenters. The minimum atomic E-state index is -0.227. The second-order valence-electron chi connectivity index (χ2n) is 5.08. The maximum absolute atomic E-state index is 12.2. The van der Waals surface area contributed by atoms with Crippen LogP contribution in [0.25, 0.3) is 0 Å². The third-order valence-electron chi connectivity index (χ3n) is 3.38. The third kappa shape index (κ3) is 3.87. The van der Waals surface area contributed by atoms with Gasteiger partial charge >= 0.3 is 0 Å². The molecule has 2 heterocycles. The van der Waals surface area contributed by atoms with Crippen molar-refractivity contribution in [1.29, 1.82) is 0 Å². The lowest BCUT2D eigenvalue weighted by molar-refractivity contribution is 0.102. The number of hydrogen-bond acceptors (Lipinski definition) is 3. The Balaban J connectivity index is 1.65. The molecule has 0 spiro atoms. The van der Waals surface area contributed by atoms with Crippen molar-refractivity contribution in [3.63, 3.8) is 0 Å². The number of hydrogen-bond donors (Lipinski definition) is 1. The van der Waals surface area contributed by atoms with E-state index in [4.69, 9.17) is 0 Å². The molecular formula is C16H16BrN5O. The molecule has 0 atom stereocenters. The van der Waals surface area contributed by atoms with Gasteiger partial charge < -0.3 is 5.32 Å². The van der Waals surface area contributed by atoms with E-state index in [9.17, 15) is 4.79 Å². The lowest BCUT2D eigenvalue weighted by Gasteiger charge is -2.04. The molecule has 0 saturated heterocycles. The number of nitrogens with zero attached hydrogens (tertiary/aromatic N) is 4. The summed E-state index contributed by atoms with van der Waals surface area (Å²) in [5.41, 5.74) is 2.37. The number of aromatic nitrogens is 4. The summed E-state index contributed by atoms with van der Waals surface area (Å²) >= 11 is 3.34. The molecule has 1 amide bonds. The number of carbonyl (C=O) groups excluding carboxylic acids is 1. The number of benzene rings is 1. The fourth-order valence-electron chi connectivity index (χ4n) is 2.14. The Morgan fingerprint density at radius 2 is 2.00 bits per heavy atom. The maximum Gasteiger partial charge on any atom is 0.276 e. The summed E-state index contributed by atoms with van der Waals surface area (Å²) in [7, 11) is 0. The molecule has 2 aromatic heterocycles. The Morgan fingerprint density at radius 1 is 1.22 bits per heavy atom. The minimum absolute atomic E-state index is 0.227. The van der Waals surface area contributed by atoms with Gasteiger partial charge in [0.2, 0.25) is 0 Å². The summed E-state index contributed by atoms with van der Waals surface area (Å²) < 4.78 is 4.29. The highest BCUT2D eigenvalue weighted by atomic mass is 79.9. The molecule has 0 fully saturated rings. The zero-order valence-electron chi connectivity index (χ0n) is 12.6. The van der Waals surface area contributed by atoms with Crippen LogP contribution in [0.4, 0.5) is 5.69 Å². The molecule has 118 valence electrons. The van der Waals surface area contributed by atoms with Crippen LogP contribution >= 0.6 is 15.9 Å². The summed E-state index contributed by atoms with van der Waals surface area (Å²) in [5, 5.41) is 11.3. The second-order valence-corrected chi connectivity index (χ2v) is 6.00. The average molecular weight is 374 g/mol. The van der Waals surface area contributed by atoms with Crippen LogP contribution in [0.3, 0.4) is 0 Å². The smallest absolute Gasteiger partial charge is 0.276 e. The number of halogens is 1. The molecule has 1 aromatic carbocycles. The van der Waals surface area contributed by atoms with Crippen molar-refractivity contribution < 1.29 is 4.79 Å². The van der Waals surface area contributed by atoms with Crippen molar-refractivity contribution in [2.75, 3.05) is 5.32 Å². The molecule has 3 rings (SSSR count). The number of nitrogens with one attached hydrogen (secondary N) is 1. The number of amides is 1. The number of aryl methyl sites for hydroxylation is 1. The summed E-state index contributed by atoms with van der Waals surface area (Å²) in [6.45, 7) is 2.54. The van der Waals surface area contributed by atoms with Crippen molar-refractivity contribution in [1.82, 2.24) is 19.6 Å². The lowest BCUT2D eigenvalue weighted by Crippen LogP contribution is -2.14. The first kappa shape index (κ1) is 15.5. The van der Waals surface area contributed by atoms with Crippen LogP contribution in [0.15, 0.2) is 53.4 Å². The van der Waals surface area contributed by atoms with Gasteiger partial charge in [0.15, 0.2) is 5.69 Å². The first-order chi connectivity index (χ1) is 11.1. The van der Waals surface area contributed by atoms with Crippen LogP contribution in [0.1, 0.15) is 23.0 Å². The van der Waals surface area contributed by atoms with Crippen molar-refractivity contribution in [2.45, 2.75) is 20.0 Å². The van der Waals surface area contributed by atoms with E-state index in [1.165, 1.54) is 5.56 Å². The maximum atomic E-state index is 12.2. The standard InChI is InChI=1S/C16H16BrN5O/c1-2-12-3-5-14(6-4-12)19-16(23)15-7-8-21(20-15)11-22-10-13(17)9-18-22/h3-10H,2,11H2,1H3,(H,19,23). The molecule has 23 heavy (non-hydrogen) atoms. The van der Waals surface area contributed by atoms with Gasteiger partial charge in [-0.25, -0.2) is 4.68 Å². The number of rotatable bonds is 5. The topological polar surface area (TPSA) is 64.7 Å². The van der Waals surface area contributed by atoms with Crippen LogP contribution in [0, 0.1) is 0 Å². The van der Waals surface area contributed by atoms with Gasteiger partial charge in [0.25, 0.3) is 5.91 Å². The van der Waals surface area contributed by atoms with E-state index in [1.807, 2.05) is 30.5 Å². The van der Waals surface area contributed by atoms with Crippen molar-refractivity contribution in [3.8, 4) is 0 Å². The van der Waals surface area contributed by atoms with E-state index in [0.29, 0.717) is 12.4 Å². The largest absolute Gasteiger partial charge is 0.321 e. The van der Waals surface area contributed by atoms with Crippen LogP contribution in [0.2, 0.25) is 0 Å². The van der Waals surface area contributed by atoms with E-state index < -0.39 is 0 Å². The molecule has 3 aromatic rings. The van der Waals surface area contributed by atoms with Crippen LogP contribution in [-0.4, -0.2) is 25.5 Å². The quantitative estimate of drug-likeness (QED) is 0.746. The Labute approximate surface area is 142 Å². The van der Waals surface area contributed by atoms with Crippen molar-refractivity contribution in [3.05, 3.63) is 64.7 Å². The predicted octanol–water partition coefficient (Wildman–Crippen LogP) is 3.16. The second kappa shape index (κ2) is 6.78. The fourth-order valence-corrected chi connectivity index (χ4v) is 2.47. The van der Waals surface area contributed by atoms with Gasteiger partial charge in [0, 0.05) is 18.1 Å². The molecule has 0 aliphatic carbocycles. The summed E-state index contributed by atoms with van der Waals surface area (Å²) in [5.74, 6) is -0.227. The fraction of sp³-hybridized carbons (Fsp3) is 0.188. The molecular weight excluding hydrogens is 358 g/mol. The molecule has 6 nitrogen and oxygen atoms in total. The first-order valence-electron chi connectivity index (χ1n) is 7.26. The highest BCUT2D eigenvalue weighted by molar-refractivity contribution is 9.10. The van der Waals surface area contributed by atoms with Gasteiger partial charge in [0.05, 0.1) is 10.7 Å². The Kier molecular flexibility index (Phi) is 4.57. The zero-order valence-corrected chi connectivity index (χ0v) is 14.2. The lowest BCUT2D eigenvalue weighted by atomic mass is 10.1. The van der Waals surface area contributed by atoms with E-state index in [1.54, 1.807) is 27.8 Å². The SMILES string of the molecule is CCc1ccc(NC(=O)c2ccn(Cn3cc(Br)cn3)n2)cc1. The van der Waals surface area contributed by atoms with Gasteiger partial charge in [-0.15, -0.1) is 0 Å². The molecule has 7 heteroatoms. The average Bonchev–Trinajstić information content (AvgIpc) is 3.18. The molecule has 0 aliphatic heterocycles. The van der Waals surface area contributed by atoms with Gasteiger partial charge in [-0.05, 0) is 46.1 Å². The van der Waals surface area contributed by atoms with Gasteiger partial charge in [-0.3, -0.25) is 9.48 Å². The Hall–Kier alpha value is -2.41. The van der Waals surface area contributed by atoms with E-state index in [0.717, 1.165) is 16.6 Å². The van der Waals surface area contributed by atoms with Crippen molar-refractivity contribution >= 4 is 27.5 Å². The highest BCUT2D eigenvalue weighted by Gasteiger charge is 2.10. The predicted molar refractivity (Wildman–Crippen MR) is 91.3 cm³/mol. The van der Waals surface area contributed by atoms with E-state index in [-0.39, 0.29) is 5.91 Å². The summed E-state index contributed by atoms with van der Waals surface area (Å²) in [6.07, 6.45) is 6.28. The number of anilines is 1. The molecule has 1 N–H and O–H groups in total. The van der Waals surface area contributed by atoms with E-state index >= 15 is 0 Å². The van der Waals surface area contributed by atoms with Crippen LogP contribution < -0.4 is 5.32 Å². The molecule has 0 aliphatic rings. The zero-order chi connectivity index (χ0) is 16.2. The monoisotopic (exact) mass is 373 g/mol. The first-order valence-corrected chi connectivity index (χ1v) is 8.05. The Bertz CT molecular complexity index is 806. The Morgan fingerprint density at radius 3 is 2.65 bits per heavy atom. The van der Waals surface area contributed by atoms with Gasteiger partial charge in [-0.1, -0.05) is 19.1 Å². The molecule has 0 radical (unpaired) electrons. The summed E-state index contributed by atoms with van der Waals surface area (Å²) in [6, 6.07) is 9.49. The van der Waals surface area contributed by atoms with Crippen LogP contribution in [0.5, 0.6) is 0 Å².